The molecule has 0 heterocycles. The Hall–Kier alpha value is -2.40. The lowest BCUT2D eigenvalue weighted by Gasteiger charge is -2.14. The van der Waals surface area contributed by atoms with Crippen LogP contribution in [0.5, 0.6) is 17.2 Å². The summed E-state index contributed by atoms with van der Waals surface area (Å²) in [6.45, 7) is 4.30. The second kappa shape index (κ2) is 9.34. The predicted octanol–water partition coefficient (Wildman–Crippen LogP) is 4.77. The molecule has 0 fully saturated rings. The van der Waals surface area contributed by atoms with Gasteiger partial charge in [0.2, 0.25) is 5.91 Å². The zero-order valence-electron chi connectivity index (χ0n) is 15.5. The Labute approximate surface area is 159 Å². The summed E-state index contributed by atoms with van der Waals surface area (Å²) >= 11 is 5.92. The summed E-state index contributed by atoms with van der Waals surface area (Å²) in [5.41, 5.74) is 2.59. The van der Waals surface area contributed by atoms with Crippen molar-refractivity contribution in [2.75, 3.05) is 26.1 Å². The molecule has 2 aromatic rings. The maximum atomic E-state index is 12.2. The van der Waals surface area contributed by atoms with Crippen LogP contribution < -0.4 is 19.5 Å². The molecule has 0 saturated carbocycles. The van der Waals surface area contributed by atoms with Gasteiger partial charge in [-0.05, 0) is 55.7 Å². The molecule has 0 aliphatic rings. The van der Waals surface area contributed by atoms with Crippen LogP contribution in [0.2, 0.25) is 5.02 Å². The zero-order chi connectivity index (χ0) is 19.1. The number of ether oxygens (including phenoxy) is 3. The zero-order valence-corrected chi connectivity index (χ0v) is 16.3. The average Bonchev–Trinajstić information content (AvgIpc) is 2.61. The van der Waals surface area contributed by atoms with Crippen LogP contribution in [0.4, 0.5) is 5.69 Å². The van der Waals surface area contributed by atoms with Crippen molar-refractivity contribution in [3.63, 3.8) is 0 Å². The van der Waals surface area contributed by atoms with Gasteiger partial charge in [-0.3, -0.25) is 4.79 Å². The molecule has 2 aromatic carbocycles. The maximum absolute atomic E-state index is 12.2. The molecule has 26 heavy (non-hydrogen) atoms. The third-order valence-corrected chi connectivity index (χ3v) is 4.18. The Morgan fingerprint density at radius 1 is 1.00 bits per heavy atom. The number of amides is 1. The van der Waals surface area contributed by atoms with Crippen LogP contribution in [-0.2, 0) is 4.79 Å². The minimum absolute atomic E-state index is 0.0725. The summed E-state index contributed by atoms with van der Waals surface area (Å²) in [5, 5.41) is 3.59. The molecular weight excluding hydrogens is 354 g/mol. The quantitative estimate of drug-likeness (QED) is 0.673. The molecule has 0 unspecified atom stereocenters. The van der Waals surface area contributed by atoms with Crippen LogP contribution in [-0.4, -0.2) is 26.7 Å². The van der Waals surface area contributed by atoms with E-state index in [9.17, 15) is 4.79 Å². The summed E-state index contributed by atoms with van der Waals surface area (Å²) in [6, 6.07) is 9.07. The van der Waals surface area contributed by atoms with E-state index in [0.717, 1.165) is 16.9 Å². The number of rotatable bonds is 8. The number of carbonyl (C=O) groups excluding carboxylic acids is 1. The molecule has 2 rings (SSSR count). The van der Waals surface area contributed by atoms with Gasteiger partial charge in [-0.2, -0.15) is 0 Å². The lowest BCUT2D eigenvalue weighted by Crippen LogP contribution is -2.14. The van der Waals surface area contributed by atoms with Crippen LogP contribution in [0.1, 0.15) is 24.0 Å². The van der Waals surface area contributed by atoms with E-state index in [2.05, 4.69) is 5.32 Å². The van der Waals surface area contributed by atoms with Crippen molar-refractivity contribution in [3.05, 3.63) is 46.5 Å². The fourth-order valence-corrected chi connectivity index (χ4v) is 2.74. The maximum Gasteiger partial charge on any atom is 0.224 e. The van der Waals surface area contributed by atoms with E-state index in [1.165, 1.54) is 0 Å². The van der Waals surface area contributed by atoms with Crippen molar-refractivity contribution in [2.45, 2.75) is 26.7 Å². The Morgan fingerprint density at radius 2 is 1.69 bits per heavy atom. The molecule has 0 radical (unpaired) electrons. The topological polar surface area (TPSA) is 56.8 Å². The Kier molecular flexibility index (Phi) is 7.16. The molecule has 140 valence electrons. The highest BCUT2D eigenvalue weighted by atomic mass is 35.5. The number of hydrogen-bond donors (Lipinski definition) is 1. The second-order valence-electron chi connectivity index (χ2n) is 5.93. The summed E-state index contributed by atoms with van der Waals surface area (Å²) in [5.74, 6) is 1.92. The average molecular weight is 378 g/mol. The van der Waals surface area contributed by atoms with Crippen molar-refractivity contribution in [1.29, 1.82) is 0 Å². The molecule has 0 atom stereocenters. The van der Waals surface area contributed by atoms with E-state index < -0.39 is 0 Å². The Bertz CT molecular complexity index is 777. The first-order valence-corrected chi connectivity index (χ1v) is 8.73. The van der Waals surface area contributed by atoms with Gasteiger partial charge in [-0.15, -0.1) is 0 Å². The van der Waals surface area contributed by atoms with E-state index in [1.807, 2.05) is 32.0 Å². The number of nitrogens with one attached hydrogen (secondary N) is 1. The van der Waals surface area contributed by atoms with Gasteiger partial charge in [-0.25, -0.2) is 0 Å². The van der Waals surface area contributed by atoms with E-state index in [1.54, 1.807) is 26.4 Å². The fraction of sp³-hybridized carbons (Fsp3) is 0.350. The molecular formula is C20H24ClNO4. The van der Waals surface area contributed by atoms with Gasteiger partial charge in [0.1, 0.15) is 5.75 Å². The fourth-order valence-electron chi connectivity index (χ4n) is 2.52. The molecule has 0 aromatic heterocycles. The lowest BCUT2D eigenvalue weighted by molar-refractivity contribution is -0.116. The highest BCUT2D eigenvalue weighted by molar-refractivity contribution is 6.30. The van der Waals surface area contributed by atoms with Crippen molar-refractivity contribution in [2.24, 2.45) is 0 Å². The van der Waals surface area contributed by atoms with Crippen LogP contribution >= 0.6 is 11.6 Å². The van der Waals surface area contributed by atoms with E-state index in [4.69, 9.17) is 25.8 Å². The number of carbonyl (C=O) groups is 1. The summed E-state index contributed by atoms with van der Waals surface area (Å²) < 4.78 is 16.2. The molecule has 0 bridgehead atoms. The molecule has 5 nitrogen and oxygen atoms in total. The van der Waals surface area contributed by atoms with Crippen LogP contribution in [0.3, 0.4) is 0 Å². The van der Waals surface area contributed by atoms with E-state index in [0.29, 0.717) is 41.7 Å². The van der Waals surface area contributed by atoms with Crippen LogP contribution in [0, 0.1) is 13.8 Å². The molecule has 6 heteroatoms. The minimum atomic E-state index is -0.0725. The number of hydrogen-bond acceptors (Lipinski definition) is 4. The monoisotopic (exact) mass is 377 g/mol. The molecule has 0 saturated heterocycles. The molecule has 1 amide bonds. The van der Waals surface area contributed by atoms with Gasteiger partial charge in [0.25, 0.3) is 0 Å². The summed E-state index contributed by atoms with van der Waals surface area (Å²) in [7, 11) is 3.15. The first-order chi connectivity index (χ1) is 12.4. The van der Waals surface area contributed by atoms with Gasteiger partial charge in [0.15, 0.2) is 11.5 Å². The number of methoxy groups -OCH3 is 2. The van der Waals surface area contributed by atoms with Crippen LogP contribution in [0.15, 0.2) is 30.3 Å². The Morgan fingerprint density at radius 3 is 2.35 bits per heavy atom. The Balaban J connectivity index is 1.85. The van der Waals surface area contributed by atoms with Gasteiger partial charge in [0.05, 0.1) is 20.8 Å². The highest BCUT2D eigenvalue weighted by Crippen LogP contribution is 2.33. The predicted molar refractivity (Wildman–Crippen MR) is 104 cm³/mol. The third-order valence-electron chi connectivity index (χ3n) is 3.95. The smallest absolute Gasteiger partial charge is 0.224 e. The molecule has 1 N–H and O–H groups in total. The van der Waals surface area contributed by atoms with Crippen LogP contribution in [0.25, 0.3) is 0 Å². The van der Waals surface area contributed by atoms with Crippen molar-refractivity contribution >= 4 is 23.2 Å². The number of benzene rings is 2. The highest BCUT2D eigenvalue weighted by Gasteiger charge is 2.11. The number of anilines is 1. The third kappa shape index (κ3) is 5.30. The molecule has 0 aliphatic carbocycles. The van der Waals surface area contributed by atoms with Crippen molar-refractivity contribution < 1.29 is 19.0 Å². The van der Waals surface area contributed by atoms with Gasteiger partial charge in [-0.1, -0.05) is 11.6 Å². The lowest BCUT2D eigenvalue weighted by atomic mass is 10.1. The summed E-state index contributed by atoms with van der Waals surface area (Å²) in [4.78, 5) is 12.2. The first-order valence-electron chi connectivity index (χ1n) is 8.36. The van der Waals surface area contributed by atoms with Gasteiger partial charge in [0, 0.05) is 23.2 Å². The minimum Gasteiger partial charge on any atom is -0.493 e. The van der Waals surface area contributed by atoms with Crippen molar-refractivity contribution in [3.8, 4) is 17.2 Å². The molecule has 0 spiro atoms. The van der Waals surface area contributed by atoms with E-state index in [-0.39, 0.29) is 5.91 Å². The van der Waals surface area contributed by atoms with Crippen molar-refractivity contribution in [1.82, 2.24) is 0 Å². The number of aryl methyl sites for hydroxylation is 2. The first kappa shape index (κ1) is 19.9. The largest absolute Gasteiger partial charge is 0.493 e. The standard InChI is InChI=1S/C20H24ClNO4/c1-13-11-18(24-3)19(25-4)12-16(13)22-20(23)6-5-9-26-17-8-7-15(21)10-14(17)2/h7-8,10-12H,5-6,9H2,1-4H3,(H,22,23). The SMILES string of the molecule is COc1cc(C)c(NC(=O)CCCOc2ccc(Cl)cc2C)cc1OC. The summed E-state index contributed by atoms with van der Waals surface area (Å²) in [6.07, 6.45) is 0.973. The normalized spacial score (nSPS) is 10.3. The van der Waals surface area contributed by atoms with E-state index >= 15 is 0 Å². The molecule has 0 aliphatic heterocycles. The van der Waals surface area contributed by atoms with Gasteiger partial charge < -0.3 is 19.5 Å². The van der Waals surface area contributed by atoms with Gasteiger partial charge >= 0.3 is 0 Å². The second-order valence-corrected chi connectivity index (χ2v) is 6.37. The number of halogens is 1.